The summed E-state index contributed by atoms with van der Waals surface area (Å²) in [6, 6.07) is 0.627. The fourth-order valence-electron chi connectivity index (χ4n) is 2.90. The van der Waals surface area contributed by atoms with Crippen LogP contribution in [-0.2, 0) is 0 Å². The van der Waals surface area contributed by atoms with Gasteiger partial charge < -0.3 is 10.2 Å². The fourth-order valence-corrected chi connectivity index (χ4v) is 2.90. The SMILES string of the molecule is CCCCC(NCC)C(CC)(CC)N(C)C. The lowest BCUT2D eigenvalue weighted by molar-refractivity contribution is 0.0838. The maximum atomic E-state index is 3.70. The van der Waals surface area contributed by atoms with E-state index in [-0.39, 0.29) is 0 Å². The summed E-state index contributed by atoms with van der Waals surface area (Å²) in [6.07, 6.45) is 6.35. The van der Waals surface area contributed by atoms with E-state index in [4.69, 9.17) is 0 Å². The topological polar surface area (TPSA) is 15.3 Å². The van der Waals surface area contributed by atoms with Gasteiger partial charge in [-0.15, -0.1) is 0 Å². The van der Waals surface area contributed by atoms with Crippen LogP contribution in [0, 0.1) is 0 Å². The highest BCUT2D eigenvalue weighted by Gasteiger charge is 2.36. The van der Waals surface area contributed by atoms with E-state index in [9.17, 15) is 0 Å². The van der Waals surface area contributed by atoms with Crippen LogP contribution in [0.15, 0.2) is 0 Å². The molecule has 98 valence electrons. The summed E-state index contributed by atoms with van der Waals surface area (Å²) >= 11 is 0. The molecule has 2 nitrogen and oxygen atoms in total. The maximum Gasteiger partial charge on any atom is 0.0351 e. The molecule has 1 atom stereocenters. The molecule has 0 aromatic rings. The standard InChI is InChI=1S/C14H32N2/c1-7-11-12-13(15-10-4)14(8-2,9-3)16(5)6/h13,15H,7-12H2,1-6H3. The van der Waals surface area contributed by atoms with Gasteiger partial charge in [0.2, 0.25) is 0 Å². The highest BCUT2D eigenvalue weighted by atomic mass is 15.2. The molecule has 0 aliphatic carbocycles. The Hall–Kier alpha value is -0.0800. The third-order valence-electron chi connectivity index (χ3n) is 4.06. The summed E-state index contributed by atoms with van der Waals surface area (Å²) < 4.78 is 0. The number of rotatable bonds is 9. The van der Waals surface area contributed by atoms with Gasteiger partial charge >= 0.3 is 0 Å². The Morgan fingerprint density at radius 1 is 1.06 bits per heavy atom. The molecule has 0 aliphatic rings. The molecule has 0 radical (unpaired) electrons. The molecule has 0 saturated heterocycles. The van der Waals surface area contributed by atoms with E-state index in [0.717, 1.165) is 6.54 Å². The van der Waals surface area contributed by atoms with Crippen LogP contribution in [0.1, 0.15) is 59.8 Å². The number of hydrogen-bond donors (Lipinski definition) is 1. The summed E-state index contributed by atoms with van der Waals surface area (Å²) in [5, 5.41) is 3.70. The van der Waals surface area contributed by atoms with Crippen molar-refractivity contribution in [1.82, 2.24) is 10.2 Å². The number of nitrogens with one attached hydrogen (secondary N) is 1. The van der Waals surface area contributed by atoms with Gasteiger partial charge in [0, 0.05) is 11.6 Å². The predicted octanol–water partition coefficient (Wildman–Crippen LogP) is 3.28. The molecule has 0 spiro atoms. The van der Waals surface area contributed by atoms with E-state index >= 15 is 0 Å². The Balaban J connectivity index is 4.76. The molecule has 0 aliphatic heterocycles. The van der Waals surface area contributed by atoms with Gasteiger partial charge in [-0.25, -0.2) is 0 Å². The van der Waals surface area contributed by atoms with Gasteiger partial charge in [0.1, 0.15) is 0 Å². The molecule has 1 unspecified atom stereocenters. The van der Waals surface area contributed by atoms with Gasteiger partial charge in [-0.3, -0.25) is 0 Å². The van der Waals surface area contributed by atoms with Crippen LogP contribution >= 0.6 is 0 Å². The van der Waals surface area contributed by atoms with Crippen LogP contribution in [0.25, 0.3) is 0 Å². The van der Waals surface area contributed by atoms with Crippen molar-refractivity contribution in [1.29, 1.82) is 0 Å². The number of likely N-dealkylation sites (N-methyl/N-ethyl adjacent to an activating group) is 2. The molecular formula is C14H32N2. The van der Waals surface area contributed by atoms with Crippen molar-refractivity contribution >= 4 is 0 Å². The van der Waals surface area contributed by atoms with Crippen LogP contribution in [0.4, 0.5) is 0 Å². The first kappa shape index (κ1) is 15.9. The largest absolute Gasteiger partial charge is 0.312 e. The van der Waals surface area contributed by atoms with Crippen molar-refractivity contribution in [3.8, 4) is 0 Å². The molecular weight excluding hydrogens is 196 g/mol. The fraction of sp³-hybridized carbons (Fsp3) is 1.00. The van der Waals surface area contributed by atoms with Gasteiger partial charge in [-0.05, 0) is 39.9 Å². The molecule has 1 N–H and O–H groups in total. The third kappa shape index (κ3) is 3.74. The second-order valence-electron chi connectivity index (χ2n) is 4.96. The summed E-state index contributed by atoms with van der Waals surface area (Å²) in [7, 11) is 4.45. The molecule has 0 heterocycles. The number of nitrogens with zero attached hydrogens (tertiary/aromatic N) is 1. The highest BCUT2D eigenvalue weighted by Crippen LogP contribution is 2.28. The lowest BCUT2D eigenvalue weighted by Gasteiger charge is -2.45. The van der Waals surface area contributed by atoms with Crippen molar-refractivity contribution in [3.05, 3.63) is 0 Å². The minimum atomic E-state index is 0.325. The molecule has 0 saturated carbocycles. The zero-order valence-electron chi connectivity index (χ0n) is 12.3. The van der Waals surface area contributed by atoms with Crippen molar-refractivity contribution in [2.45, 2.75) is 71.4 Å². The van der Waals surface area contributed by atoms with E-state index < -0.39 is 0 Å². The van der Waals surface area contributed by atoms with Crippen LogP contribution in [0.2, 0.25) is 0 Å². The number of unbranched alkanes of at least 4 members (excludes halogenated alkanes) is 1. The molecule has 0 aromatic carbocycles. The van der Waals surface area contributed by atoms with Gasteiger partial charge in [0.15, 0.2) is 0 Å². The Morgan fingerprint density at radius 2 is 1.62 bits per heavy atom. The van der Waals surface area contributed by atoms with Gasteiger partial charge in [0.25, 0.3) is 0 Å². The molecule has 0 aromatic heterocycles. The Labute approximate surface area is 103 Å². The molecule has 2 heteroatoms. The van der Waals surface area contributed by atoms with Crippen LogP contribution in [-0.4, -0.2) is 37.1 Å². The maximum absolute atomic E-state index is 3.70. The van der Waals surface area contributed by atoms with Crippen LogP contribution in [0.5, 0.6) is 0 Å². The average molecular weight is 228 g/mol. The Morgan fingerprint density at radius 3 is 1.94 bits per heavy atom. The summed E-state index contributed by atoms with van der Waals surface area (Å²) in [5.74, 6) is 0. The molecule has 0 amide bonds. The van der Waals surface area contributed by atoms with Crippen molar-refractivity contribution < 1.29 is 0 Å². The highest BCUT2D eigenvalue weighted by molar-refractivity contribution is 4.96. The lowest BCUT2D eigenvalue weighted by Crippen LogP contribution is -2.58. The first-order valence-electron chi connectivity index (χ1n) is 6.99. The van der Waals surface area contributed by atoms with E-state index in [2.05, 4.69) is 52.0 Å². The monoisotopic (exact) mass is 228 g/mol. The van der Waals surface area contributed by atoms with E-state index in [1.165, 1.54) is 32.1 Å². The lowest BCUT2D eigenvalue weighted by atomic mass is 9.80. The average Bonchev–Trinajstić information content (AvgIpc) is 2.27. The zero-order valence-corrected chi connectivity index (χ0v) is 12.3. The van der Waals surface area contributed by atoms with Gasteiger partial charge in [-0.1, -0.05) is 40.5 Å². The second-order valence-corrected chi connectivity index (χ2v) is 4.96. The Kier molecular flexibility index (Phi) is 8.04. The normalized spacial score (nSPS) is 14.4. The van der Waals surface area contributed by atoms with E-state index in [1.54, 1.807) is 0 Å². The molecule has 0 rings (SSSR count). The van der Waals surface area contributed by atoms with E-state index in [0.29, 0.717) is 11.6 Å². The first-order valence-corrected chi connectivity index (χ1v) is 6.99. The minimum Gasteiger partial charge on any atom is -0.312 e. The van der Waals surface area contributed by atoms with Crippen molar-refractivity contribution in [3.63, 3.8) is 0 Å². The van der Waals surface area contributed by atoms with Crippen molar-refractivity contribution in [2.24, 2.45) is 0 Å². The van der Waals surface area contributed by atoms with Crippen molar-refractivity contribution in [2.75, 3.05) is 20.6 Å². The quantitative estimate of drug-likeness (QED) is 0.651. The van der Waals surface area contributed by atoms with Gasteiger partial charge in [-0.2, -0.15) is 0 Å². The Bertz CT molecular complexity index is 162. The number of hydrogen-bond acceptors (Lipinski definition) is 2. The summed E-state index contributed by atoms with van der Waals surface area (Å²) in [6.45, 7) is 10.2. The molecule has 0 bridgehead atoms. The second kappa shape index (κ2) is 8.08. The predicted molar refractivity (Wildman–Crippen MR) is 74.0 cm³/mol. The summed E-state index contributed by atoms with van der Waals surface area (Å²) in [4.78, 5) is 2.43. The minimum absolute atomic E-state index is 0.325. The zero-order chi connectivity index (χ0) is 12.6. The summed E-state index contributed by atoms with van der Waals surface area (Å²) in [5.41, 5.74) is 0.325. The smallest absolute Gasteiger partial charge is 0.0351 e. The van der Waals surface area contributed by atoms with Gasteiger partial charge in [0.05, 0.1) is 0 Å². The molecule has 16 heavy (non-hydrogen) atoms. The van der Waals surface area contributed by atoms with Crippen LogP contribution < -0.4 is 5.32 Å². The first-order chi connectivity index (χ1) is 7.58. The van der Waals surface area contributed by atoms with E-state index in [1.807, 2.05) is 0 Å². The molecule has 0 fully saturated rings. The van der Waals surface area contributed by atoms with Crippen LogP contribution in [0.3, 0.4) is 0 Å². The third-order valence-corrected chi connectivity index (χ3v) is 4.06.